The van der Waals surface area contributed by atoms with E-state index in [2.05, 4.69) is 0 Å². The van der Waals surface area contributed by atoms with Crippen molar-refractivity contribution in [1.82, 2.24) is 0 Å². The van der Waals surface area contributed by atoms with Crippen molar-refractivity contribution in [3.63, 3.8) is 0 Å². The van der Waals surface area contributed by atoms with Gasteiger partial charge in [-0.2, -0.15) is 0 Å². The Labute approximate surface area is 115 Å². The molecule has 1 aromatic rings. The first-order valence-electron chi connectivity index (χ1n) is 5.13. The quantitative estimate of drug-likeness (QED) is 0.865. The maximum atomic E-state index is 10.7. The molecule has 3 nitrogen and oxygen atoms in total. The van der Waals surface area contributed by atoms with E-state index in [9.17, 15) is 4.79 Å². The maximum Gasteiger partial charge on any atom is 0.303 e. The van der Waals surface area contributed by atoms with Crippen molar-refractivity contribution in [2.45, 2.75) is 32.7 Å². The molecule has 3 N–H and O–H groups in total. The average molecular weight is 296 g/mol. The highest BCUT2D eigenvalue weighted by Gasteiger charge is 2.26. The summed E-state index contributed by atoms with van der Waals surface area (Å²) in [6.07, 6.45) is 0.627. The average Bonchev–Trinajstić information content (AvgIpc) is 2.41. The summed E-state index contributed by atoms with van der Waals surface area (Å²) in [7, 11) is 0. The number of hydrogen-bond donors (Lipinski definition) is 2. The van der Waals surface area contributed by atoms with Gasteiger partial charge in [0.25, 0.3) is 0 Å². The van der Waals surface area contributed by atoms with E-state index in [4.69, 9.17) is 34.0 Å². The van der Waals surface area contributed by atoms with Gasteiger partial charge < -0.3 is 10.8 Å². The molecule has 0 radical (unpaired) electrons. The van der Waals surface area contributed by atoms with Crippen molar-refractivity contribution >= 4 is 40.5 Å². The van der Waals surface area contributed by atoms with Gasteiger partial charge in [0.2, 0.25) is 0 Å². The topological polar surface area (TPSA) is 63.3 Å². The van der Waals surface area contributed by atoms with Crippen LogP contribution in [0.4, 0.5) is 0 Å². The Bertz CT molecular complexity index is 418. The summed E-state index contributed by atoms with van der Waals surface area (Å²) < 4.78 is 1.17. The number of carboxylic acid groups (broad SMARTS) is 1. The van der Waals surface area contributed by atoms with Gasteiger partial charge in [-0.25, -0.2) is 0 Å². The highest BCUT2D eigenvalue weighted by Crippen LogP contribution is 2.39. The molecule has 0 spiro atoms. The van der Waals surface area contributed by atoms with Crippen molar-refractivity contribution < 1.29 is 9.90 Å². The summed E-state index contributed by atoms with van der Waals surface area (Å²) in [5.41, 5.74) is 6.46. The van der Waals surface area contributed by atoms with Gasteiger partial charge in [0.1, 0.15) is 0 Å². The smallest absolute Gasteiger partial charge is 0.303 e. The first-order valence-corrected chi connectivity index (χ1v) is 6.70. The van der Waals surface area contributed by atoms with E-state index in [0.717, 1.165) is 5.56 Å². The van der Waals surface area contributed by atoms with E-state index in [-0.39, 0.29) is 17.9 Å². The standard InChI is InChI=1S/C11H15Cl2NO2S/c1-11(2,5-9(15)16)4-7(14)6-3-8(12)17-10(6)13/h3,7H,4-5,14H2,1-2H3,(H,15,16). The molecule has 1 rings (SSSR count). The molecular weight excluding hydrogens is 281 g/mol. The van der Waals surface area contributed by atoms with E-state index >= 15 is 0 Å². The fraction of sp³-hybridized carbons (Fsp3) is 0.545. The zero-order chi connectivity index (χ0) is 13.2. The van der Waals surface area contributed by atoms with Crippen LogP contribution in [0.3, 0.4) is 0 Å². The lowest BCUT2D eigenvalue weighted by Gasteiger charge is -2.26. The van der Waals surface area contributed by atoms with Gasteiger partial charge in [-0.15, -0.1) is 11.3 Å². The van der Waals surface area contributed by atoms with E-state index in [0.29, 0.717) is 15.1 Å². The summed E-state index contributed by atoms with van der Waals surface area (Å²) in [5.74, 6) is -0.823. The lowest BCUT2D eigenvalue weighted by molar-refractivity contribution is -0.139. The number of aliphatic carboxylic acids is 1. The third-order valence-corrected chi connectivity index (χ3v) is 4.00. The van der Waals surface area contributed by atoms with Crippen molar-refractivity contribution in [2.75, 3.05) is 0 Å². The Hall–Kier alpha value is -0.290. The molecule has 6 heteroatoms. The Morgan fingerprint density at radius 3 is 2.59 bits per heavy atom. The first kappa shape index (κ1) is 14.8. The molecule has 0 fully saturated rings. The molecule has 1 unspecified atom stereocenters. The Morgan fingerprint density at radius 1 is 1.59 bits per heavy atom. The molecule has 0 aliphatic rings. The van der Waals surface area contributed by atoms with Crippen LogP contribution in [0.5, 0.6) is 0 Å². The lowest BCUT2D eigenvalue weighted by atomic mass is 9.81. The highest BCUT2D eigenvalue weighted by molar-refractivity contribution is 7.20. The lowest BCUT2D eigenvalue weighted by Crippen LogP contribution is -2.23. The van der Waals surface area contributed by atoms with Crippen molar-refractivity contribution in [3.8, 4) is 0 Å². The third kappa shape index (κ3) is 4.47. The van der Waals surface area contributed by atoms with Gasteiger partial charge >= 0.3 is 5.97 Å². The van der Waals surface area contributed by atoms with E-state index < -0.39 is 5.97 Å². The number of hydrogen-bond acceptors (Lipinski definition) is 3. The van der Waals surface area contributed by atoms with Crippen molar-refractivity contribution in [2.24, 2.45) is 11.1 Å². The molecule has 0 bridgehead atoms. The second kappa shape index (κ2) is 5.57. The molecule has 0 amide bonds. The third-order valence-electron chi connectivity index (χ3n) is 2.48. The van der Waals surface area contributed by atoms with Crippen LogP contribution in [0.25, 0.3) is 0 Å². The van der Waals surface area contributed by atoms with Crippen LogP contribution >= 0.6 is 34.5 Å². The largest absolute Gasteiger partial charge is 0.481 e. The minimum absolute atomic E-state index is 0.0796. The van der Waals surface area contributed by atoms with Crippen LogP contribution in [0.15, 0.2) is 6.07 Å². The van der Waals surface area contributed by atoms with E-state index in [1.54, 1.807) is 6.07 Å². The van der Waals surface area contributed by atoms with Gasteiger partial charge in [-0.3, -0.25) is 4.79 Å². The second-order valence-electron chi connectivity index (χ2n) is 4.82. The van der Waals surface area contributed by atoms with Crippen LogP contribution in [-0.4, -0.2) is 11.1 Å². The summed E-state index contributed by atoms with van der Waals surface area (Å²) in [6.45, 7) is 3.76. The molecule has 1 atom stereocenters. The zero-order valence-corrected chi connectivity index (χ0v) is 12.0. The van der Waals surface area contributed by atoms with Crippen molar-refractivity contribution in [3.05, 3.63) is 20.3 Å². The summed E-state index contributed by atoms with van der Waals surface area (Å²) in [4.78, 5) is 10.7. The van der Waals surface area contributed by atoms with Crippen LogP contribution < -0.4 is 5.73 Å². The normalized spacial score (nSPS) is 13.7. The van der Waals surface area contributed by atoms with Gasteiger partial charge in [0.15, 0.2) is 0 Å². The maximum absolute atomic E-state index is 10.7. The van der Waals surface area contributed by atoms with Crippen LogP contribution in [0.2, 0.25) is 8.67 Å². The Kier molecular flexibility index (Phi) is 4.84. The number of carboxylic acids is 1. The SMILES string of the molecule is CC(C)(CC(=O)O)CC(N)c1cc(Cl)sc1Cl. The molecule has 1 heterocycles. The Morgan fingerprint density at radius 2 is 2.18 bits per heavy atom. The molecule has 0 saturated carbocycles. The molecule has 17 heavy (non-hydrogen) atoms. The highest BCUT2D eigenvalue weighted by atomic mass is 35.5. The minimum atomic E-state index is -0.823. The number of halogens is 2. The fourth-order valence-corrected chi connectivity index (χ4v) is 3.39. The Balaban J connectivity index is 2.75. The number of carbonyl (C=O) groups is 1. The monoisotopic (exact) mass is 295 g/mol. The number of nitrogens with two attached hydrogens (primary N) is 1. The zero-order valence-electron chi connectivity index (χ0n) is 9.67. The molecular formula is C11H15Cl2NO2S. The van der Waals surface area contributed by atoms with Gasteiger partial charge in [0.05, 0.1) is 15.1 Å². The number of rotatable bonds is 5. The van der Waals surface area contributed by atoms with E-state index in [1.807, 2.05) is 13.8 Å². The van der Waals surface area contributed by atoms with Crippen LogP contribution in [0, 0.1) is 5.41 Å². The summed E-state index contributed by atoms with van der Waals surface area (Å²) >= 11 is 13.1. The summed E-state index contributed by atoms with van der Waals surface area (Å²) in [5, 5.41) is 8.81. The molecule has 0 saturated heterocycles. The predicted molar refractivity (Wildman–Crippen MR) is 71.9 cm³/mol. The second-order valence-corrected chi connectivity index (χ2v) is 7.11. The van der Waals surface area contributed by atoms with Crippen LogP contribution in [-0.2, 0) is 4.79 Å². The van der Waals surface area contributed by atoms with Crippen molar-refractivity contribution in [1.29, 1.82) is 0 Å². The summed E-state index contributed by atoms with van der Waals surface area (Å²) in [6, 6.07) is 1.45. The molecule has 0 aliphatic carbocycles. The van der Waals surface area contributed by atoms with Gasteiger partial charge in [-0.05, 0) is 23.5 Å². The van der Waals surface area contributed by atoms with Gasteiger partial charge in [0, 0.05) is 6.04 Å². The molecule has 1 aromatic heterocycles. The molecule has 0 aliphatic heterocycles. The van der Waals surface area contributed by atoms with E-state index in [1.165, 1.54) is 11.3 Å². The van der Waals surface area contributed by atoms with Crippen LogP contribution in [0.1, 0.15) is 38.3 Å². The van der Waals surface area contributed by atoms with Gasteiger partial charge in [-0.1, -0.05) is 37.0 Å². The minimum Gasteiger partial charge on any atom is -0.481 e. The predicted octanol–water partition coefficient (Wildman–Crippen LogP) is 3.95. The number of thiophene rings is 1. The fourth-order valence-electron chi connectivity index (χ4n) is 1.79. The molecule has 96 valence electrons. The first-order chi connectivity index (χ1) is 7.71. The molecule has 0 aromatic carbocycles.